The first-order chi connectivity index (χ1) is 11.5. The Bertz CT molecular complexity index is 924. The van der Waals surface area contributed by atoms with Gasteiger partial charge in [0.1, 0.15) is 0 Å². The predicted octanol–water partition coefficient (Wildman–Crippen LogP) is 4.16. The van der Waals surface area contributed by atoms with Gasteiger partial charge >= 0.3 is 0 Å². The number of rotatable bonds is 3. The van der Waals surface area contributed by atoms with Crippen molar-refractivity contribution in [3.63, 3.8) is 0 Å². The molecule has 0 unspecified atom stereocenters. The summed E-state index contributed by atoms with van der Waals surface area (Å²) < 4.78 is 5.25. The third kappa shape index (κ3) is 3.16. The molecule has 1 amide bonds. The monoisotopic (exact) mass is 341 g/mol. The highest BCUT2D eigenvalue weighted by Gasteiger charge is 2.18. The number of anilines is 1. The smallest absolute Gasteiger partial charge is 0.279 e. The number of hydrogen-bond donors (Lipinski definition) is 1. The molecule has 2 aromatic carbocycles. The molecule has 0 radical (unpaired) electrons. The van der Waals surface area contributed by atoms with Gasteiger partial charge in [-0.15, -0.1) is 0 Å². The summed E-state index contributed by atoms with van der Waals surface area (Å²) in [6, 6.07) is 10.7. The first-order valence-corrected chi connectivity index (χ1v) is 7.75. The standard InChI is InChI=1S/C18H16ClN3O2/c1-10-8-14-15(9-11(10)2)22-18(24-3)16(21-14)17(23)20-13-6-4-12(19)5-7-13/h4-9H,1-3H3,(H,20,23). The van der Waals surface area contributed by atoms with Gasteiger partial charge < -0.3 is 10.1 Å². The van der Waals surface area contributed by atoms with E-state index < -0.39 is 0 Å². The minimum absolute atomic E-state index is 0.142. The number of ether oxygens (including phenoxy) is 1. The van der Waals surface area contributed by atoms with E-state index in [1.165, 1.54) is 7.11 Å². The summed E-state index contributed by atoms with van der Waals surface area (Å²) in [4.78, 5) is 21.4. The van der Waals surface area contributed by atoms with Crippen LogP contribution in [0.15, 0.2) is 36.4 Å². The second kappa shape index (κ2) is 6.45. The Kier molecular flexibility index (Phi) is 4.36. The highest BCUT2D eigenvalue weighted by molar-refractivity contribution is 6.30. The average molecular weight is 342 g/mol. The minimum atomic E-state index is -0.387. The first kappa shape index (κ1) is 16.2. The van der Waals surface area contributed by atoms with Crippen LogP contribution in [0.5, 0.6) is 5.88 Å². The van der Waals surface area contributed by atoms with Crippen LogP contribution < -0.4 is 10.1 Å². The van der Waals surface area contributed by atoms with E-state index in [1.54, 1.807) is 24.3 Å². The van der Waals surface area contributed by atoms with Crippen LogP contribution in [-0.2, 0) is 0 Å². The van der Waals surface area contributed by atoms with E-state index in [2.05, 4.69) is 15.3 Å². The van der Waals surface area contributed by atoms with Crippen LogP contribution in [0, 0.1) is 13.8 Å². The molecule has 24 heavy (non-hydrogen) atoms. The topological polar surface area (TPSA) is 64.1 Å². The maximum atomic E-state index is 12.5. The fraction of sp³-hybridized carbons (Fsp3) is 0.167. The van der Waals surface area contributed by atoms with Crippen LogP contribution in [0.1, 0.15) is 21.6 Å². The van der Waals surface area contributed by atoms with Crippen molar-refractivity contribution in [3.8, 4) is 5.88 Å². The molecule has 0 saturated carbocycles. The zero-order chi connectivity index (χ0) is 17.3. The number of amides is 1. The van der Waals surface area contributed by atoms with Gasteiger partial charge in [-0.05, 0) is 61.4 Å². The molecule has 1 heterocycles. The van der Waals surface area contributed by atoms with Gasteiger partial charge in [-0.2, -0.15) is 0 Å². The third-order valence-electron chi connectivity index (χ3n) is 3.76. The highest BCUT2D eigenvalue weighted by Crippen LogP contribution is 2.23. The predicted molar refractivity (Wildman–Crippen MR) is 95.0 cm³/mol. The van der Waals surface area contributed by atoms with Gasteiger partial charge in [-0.3, -0.25) is 4.79 Å². The lowest BCUT2D eigenvalue weighted by Crippen LogP contribution is -2.16. The number of fused-ring (bicyclic) bond motifs is 1. The van der Waals surface area contributed by atoms with Gasteiger partial charge in [0.15, 0.2) is 5.69 Å². The lowest BCUT2D eigenvalue weighted by Gasteiger charge is -2.10. The number of halogens is 1. The largest absolute Gasteiger partial charge is 0.479 e. The Morgan fingerprint density at radius 1 is 1.04 bits per heavy atom. The Labute approximate surface area is 144 Å². The number of nitrogens with zero attached hydrogens (tertiary/aromatic N) is 2. The zero-order valence-electron chi connectivity index (χ0n) is 13.6. The maximum absolute atomic E-state index is 12.5. The Morgan fingerprint density at radius 2 is 1.62 bits per heavy atom. The molecule has 1 aromatic heterocycles. The molecule has 0 fully saturated rings. The van der Waals surface area contributed by atoms with Crippen LogP contribution in [-0.4, -0.2) is 23.0 Å². The number of nitrogens with one attached hydrogen (secondary N) is 1. The summed E-state index contributed by atoms with van der Waals surface area (Å²) in [5.41, 5.74) is 4.30. The summed E-state index contributed by atoms with van der Waals surface area (Å²) in [5, 5.41) is 3.37. The number of benzene rings is 2. The van der Waals surface area contributed by atoms with E-state index in [-0.39, 0.29) is 17.5 Å². The van der Waals surface area contributed by atoms with Crippen LogP contribution in [0.4, 0.5) is 5.69 Å². The average Bonchev–Trinajstić information content (AvgIpc) is 2.57. The number of methoxy groups -OCH3 is 1. The summed E-state index contributed by atoms with van der Waals surface area (Å²) in [5.74, 6) is -0.195. The van der Waals surface area contributed by atoms with Crippen molar-refractivity contribution in [2.24, 2.45) is 0 Å². The lowest BCUT2D eigenvalue weighted by atomic mass is 10.1. The number of aryl methyl sites for hydroxylation is 2. The molecule has 0 atom stereocenters. The third-order valence-corrected chi connectivity index (χ3v) is 4.01. The van der Waals surface area contributed by atoms with Crippen molar-refractivity contribution in [1.29, 1.82) is 0 Å². The van der Waals surface area contributed by atoms with Gasteiger partial charge in [-0.1, -0.05) is 11.6 Å². The lowest BCUT2D eigenvalue weighted by molar-refractivity contribution is 0.101. The van der Waals surface area contributed by atoms with Crippen molar-refractivity contribution in [1.82, 2.24) is 9.97 Å². The molecule has 5 nitrogen and oxygen atoms in total. The second-order valence-electron chi connectivity index (χ2n) is 5.47. The molecule has 3 aromatic rings. The first-order valence-electron chi connectivity index (χ1n) is 7.38. The van der Waals surface area contributed by atoms with Crippen LogP contribution in [0.25, 0.3) is 11.0 Å². The molecular formula is C18H16ClN3O2. The van der Waals surface area contributed by atoms with Gasteiger partial charge in [0, 0.05) is 10.7 Å². The van der Waals surface area contributed by atoms with E-state index in [4.69, 9.17) is 16.3 Å². The number of carbonyl (C=O) groups excluding carboxylic acids is 1. The maximum Gasteiger partial charge on any atom is 0.279 e. The highest BCUT2D eigenvalue weighted by atomic mass is 35.5. The van der Waals surface area contributed by atoms with Gasteiger partial charge in [0.2, 0.25) is 5.88 Å². The van der Waals surface area contributed by atoms with Crippen molar-refractivity contribution < 1.29 is 9.53 Å². The van der Waals surface area contributed by atoms with Crippen molar-refractivity contribution in [2.75, 3.05) is 12.4 Å². The molecular weight excluding hydrogens is 326 g/mol. The number of aromatic nitrogens is 2. The molecule has 1 N–H and O–H groups in total. The summed E-state index contributed by atoms with van der Waals surface area (Å²) in [6.07, 6.45) is 0. The SMILES string of the molecule is COc1nc2cc(C)c(C)cc2nc1C(=O)Nc1ccc(Cl)cc1. The molecule has 3 rings (SSSR count). The van der Waals surface area contributed by atoms with E-state index >= 15 is 0 Å². The number of hydrogen-bond acceptors (Lipinski definition) is 4. The van der Waals surface area contributed by atoms with Crippen molar-refractivity contribution >= 4 is 34.2 Å². The normalized spacial score (nSPS) is 10.7. The summed E-state index contributed by atoms with van der Waals surface area (Å²) in [6.45, 7) is 4.00. The molecule has 0 aliphatic heterocycles. The minimum Gasteiger partial charge on any atom is -0.479 e. The summed E-state index contributed by atoms with van der Waals surface area (Å²) >= 11 is 5.85. The quantitative estimate of drug-likeness (QED) is 0.776. The molecule has 0 aliphatic carbocycles. The molecule has 6 heteroatoms. The van der Waals surface area contributed by atoms with Gasteiger partial charge in [0.25, 0.3) is 5.91 Å². The summed E-state index contributed by atoms with van der Waals surface area (Å²) in [7, 11) is 1.47. The van der Waals surface area contributed by atoms with E-state index in [0.717, 1.165) is 11.1 Å². The Morgan fingerprint density at radius 3 is 2.21 bits per heavy atom. The zero-order valence-corrected chi connectivity index (χ0v) is 14.3. The molecule has 0 aliphatic rings. The fourth-order valence-corrected chi connectivity index (χ4v) is 2.44. The van der Waals surface area contributed by atoms with Crippen LogP contribution >= 0.6 is 11.6 Å². The number of carbonyl (C=O) groups is 1. The van der Waals surface area contributed by atoms with Gasteiger partial charge in [-0.25, -0.2) is 9.97 Å². The Hall–Kier alpha value is -2.66. The van der Waals surface area contributed by atoms with Crippen LogP contribution in [0.2, 0.25) is 5.02 Å². The molecule has 0 spiro atoms. The van der Waals surface area contributed by atoms with Gasteiger partial charge in [0.05, 0.1) is 18.1 Å². The molecule has 0 saturated heterocycles. The van der Waals surface area contributed by atoms with E-state index in [1.807, 2.05) is 26.0 Å². The van der Waals surface area contributed by atoms with Crippen LogP contribution in [0.3, 0.4) is 0 Å². The Balaban J connectivity index is 2.01. The molecule has 122 valence electrons. The van der Waals surface area contributed by atoms with E-state index in [0.29, 0.717) is 21.7 Å². The fourth-order valence-electron chi connectivity index (χ4n) is 2.31. The van der Waals surface area contributed by atoms with Crippen molar-refractivity contribution in [2.45, 2.75) is 13.8 Å². The van der Waals surface area contributed by atoms with E-state index in [9.17, 15) is 4.79 Å². The molecule has 0 bridgehead atoms. The second-order valence-corrected chi connectivity index (χ2v) is 5.90. The van der Waals surface area contributed by atoms with Crippen molar-refractivity contribution in [3.05, 3.63) is 58.2 Å².